The molecule has 1 rings (SSSR count). The van der Waals surface area contributed by atoms with E-state index in [4.69, 9.17) is 0 Å². The van der Waals surface area contributed by atoms with E-state index in [9.17, 15) is 4.79 Å². The normalized spacial score (nSPS) is 20.2. The van der Waals surface area contributed by atoms with Gasteiger partial charge in [0.25, 0.3) is 0 Å². The Hall–Kier alpha value is -0.530. The van der Waals surface area contributed by atoms with Crippen LogP contribution in [0, 0.1) is 18.8 Å². The van der Waals surface area contributed by atoms with Gasteiger partial charge in [0.15, 0.2) is 0 Å². The van der Waals surface area contributed by atoms with Crippen LogP contribution in [0.25, 0.3) is 0 Å². The van der Waals surface area contributed by atoms with Crippen LogP contribution < -0.4 is 0 Å². The molecule has 0 atom stereocenters. The summed E-state index contributed by atoms with van der Waals surface area (Å²) in [6.45, 7) is 9.75. The van der Waals surface area contributed by atoms with E-state index in [1.54, 1.807) is 0 Å². The summed E-state index contributed by atoms with van der Waals surface area (Å²) in [5, 5.41) is 0. The van der Waals surface area contributed by atoms with Crippen molar-refractivity contribution in [2.24, 2.45) is 11.8 Å². The molecular formula is C10H18NO. The van der Waals surface area contributed by atoms with Gasteiger partial charge in [-0.3, -0.25) is 4.79 Å². The van der Waals surface area contributed by atoms with E-state index in [0.717, 1.165) is 37.8 Å². The zero-order valence-electron chi connectivity index (χ0n) is 8.05. The highest BCUT2D eigenvalue weighted by Crippen LogP contribution is 2.24. The molecule has 1 fully saturated rings. The Morgan fingerprint density at radius 2 is 1.92 bits per heavy atom. The third kappa shape index (κ3) is 2.23. The first-order chi connectivity index (χ1) is 5.61. The lowest BCUT2D eigenvalue weighted by Crippen LogP contribution is -2.38. The fourth-order valence-electron chi connectivity index (χ4n) is 1.82. The van der Waals surface area contributed by atoms with Crippen molar-refractivity contribution in [1.29, 1.82) is 0 Å². The van der Waals surface area contributed by atoms with Crippen LogP contribution in [0.15, 0.2) is 0 Å². The minimum Gasteiger partial charge on any atom is -0.343 e. The average molecular weight is 168 g/mol. The predicted molar refractivity (Wildman–Crippen MR) is 49.5 cm³/mol. The van der Waals surface area contributed by atoms with Crippen LogP contribution in [0.3, 0.4) is 0 Å². The minimum absolute atomic E-state index is 0.0165. The fourth-order valence-corrected chi connectivity index (χ4v) is 1.82. The van der Waals surface area contributed by atoms with Gasteiger partial charge < -0.3 is 4.90 Å². The molecule has 1 aliphatic heterocycles. The van der Waals surface area contributed by atoms with Gasteiger partial charge in [0.1, 0.15) is 0 Å². The van der Waals surface area contributed by atoms with Crippen molar-refractivity contribution in [3.63, 3.8) is 0 Å². The lowest BCUT2D eigenvalue weighted by Gasteiger charge is -2.33. The third-order valence-electron chi connectivity index (χ3n) is 2.84. The van der Waals surface area contributed by atoms with E-state index in [-0.39, 0.29) is 5.91 Å². The van der Waals surface area contributed by atoms with Gasteiger partial charge in [0, 0.05) is 20.0 Å². The number of piperidine rings is 1. The molecular weight excluding hydrogens is 150 g/mol. The Labute approximate surface area is 74.9 Å². The number of hydrogen-bond donors (Lipinski definition) is 0. The predicted octanol–water partition coefficient (Wildman–Crippen LogP) is 1.72. The van der Waals surface area contributed by atoms with Gasteiger partial charge in [-0.15, -0.1) is 0 Å². The molecule has 0 saturated carbocycles. The van der Waals surface area contributed by atoms with Gasteiger partial charge in [-0.2, -0.15) is 0 Å². The number of amides is 1. The summed E-state index contributed by atoms with van der Waals surface area (Å²) in [5.41, 5.74) is 0. The topological polar surface area (TPSA) is 20.3 Å². The molecule has 0 aromatic carbocycles. The molecule has 12 heavy (non-hydrogen) atoms. The Balaban J connectivity index is 2.34. The van der Waals surface area contributed by atoms with E-state index < -0.39 is 0 Å². The Kier molecular flexibility index (Phi) is 3.12. The fraction of sp³-hybridized carbons (Fsp3) is 0.800. The Bertz CT molecular complexity index is 157. The molecule has 0 aromatic rings. The van der Waals surface area contributed by atoms with Crippen molar-refractivity contribution in [2.45, 2.75) is 26.7 Å². The van der Waals surface area contributed by atoms with Crippen LogP contribution in [-0.4, -0.2) is 23.9 Å². The highest BCUT2D eigenvalue weighted by molar-refractivity contribution is 5.80. The molecule has 1 heterocycles. The van der Waals surface area contributed by atoms with Gasteiger partial charge in [-0.25, -0.2) is 0 Å². The van der Waals surface area contributed by atoms with Crippen molar-refractivity contribution >= 4 is 5.91 Å². The molecule has 1 amide bonds. The third-order valence-corrected chi connectivity index (χ3v) is 2.84. The molecule has 0 aliphatic carbocycles. The molecule has 2 nitrogen and oxygen atoms in total. The molecule has 0 spiro atoms. The maximum Gasteiger partial charge on any atom is 0.223 e. The lowest BCUT2D eigenvalue weighted by molar-refractivity contribution is -0.127. The Morgan fingerprint density at radius 1 is 1.42 bits per heavy atom. The summed E-state index contributed by atoms with van der Waals surface area (Å²) >= 11 is 0. The zero-order valence-corrected chi connectivity index (χ0v) is 8.05. The monoisotopic (exact) mass is 168 g/mol. The maximum atomic E-state index is 10.9. The van der Waals surface area contributed by atoms with Crippen LogP contribution >= 0.6 is 0 Å². The summed E-state index contributed by atoms with van der Waals surface area (Å²) in [5.74, 6) is 1.55. The van der Waals surface area contributed by atoms with Gasteiger partial charge in [-0.1, -0.05) is 13.8 Å². The summed E-state index contributed by atoms with van der Waals surface area (Å²) in [6.07, 6.45) is 2.30. The highest BCUT2D eigenvalue weighted by Gasteiger charge is 2.22. The van der Waals surface area contributed by atoms with Gasteiger partial charge >= 0.3 is 0 Å². The molecule has 1 saturated heterocycles. The molecule has 69 valence electrons. The van der Waals surface area contributed by atoms with E-state index in [0.29, 0.717) is 0 Å². The van der Waals surface area contributed by atoms with Crippen molar-refractivity contribution in [2.75, 3.05) is 13.1 Å². The average Bonchev–Trinajstić information content (AvgIpc) is 2.04. The van der Waals surface area contributed by atoms with E-state index in [1.807, 2.05) is 4.90 Å². The van der Waals surface area contributed by atoms with Gasteiger partial charge in [-0.05, 0) is 24.7 Å². The molecule has 1 aliphatic rings. The molecule has 0 N–H and O–H groups in total. The second-order valence-electron chi connectivity index (χ2n) is 3.96. The van der Waals surface area contributed by atoms with Crippen LogP contribution in [0.2, 0.25) is 0 Å². The number of carbonyl (C=O) groups is 1. The summed E-state index contributed by atoms with van der Waals surface area (Å²) in [6, 6.07) is 0. The summed E-state index contributed by atoms with van der Waals surface area (Å²) in [4.78, 5) is 12.7. The zero-order chi connectivity index (χ0) is 9.14. The SMILES string of the molecule is [CH2]C(=O)N1CCC(C(C)C)CC1. The summed E-state index contributed by atoms with van der Waals surface area (Å²) < 4.78 is 0. The van der Waals surface area contributed by atoms with E-state index in [2.05, 4.69) is 20.8 Å². The van der Waals surface area contributed by atoms with Crippen molar-refractivity contribution in [3.8, 4) is 0 Å². The molecule has 0 unspecified atom stereocenters. The quantitative estimate of drug-likeness (QED) is 0.583. The number of carbonyl (C=O) groups excluding carboxylic acids is 1. The van der Waals surface area contributed by atoms with Crippen LogP contribution in [0.1, 0.15) is 26.7 Å². The summed E-state index contributed by atoms with van der Waals surface area (Å²) in [7, 11) is 0. The maximum absolute atomic E-state index is 10.9. The first-order valence-corrected chi connectivity index (χ1v) is 4.72. The largest absolute Gasteiger partial charge is 0.343 e. The number of likely N-dealkylation sites (tertiary alicyclic amines) is 1. The van der Waals surface area contributed by atoms with Crippen LogP contribution in [0.5, 0.6) is 0 Å². The van der Waals surface area contributed by atoms with Crippen molar-refractivity contribution in [3.05, 3.63) is 6.92 Å². The van der Waals surface area contributed by atoms with Gasteiger partial charge in [0.2, 0.25) is 5.91 Å². The molecule has 2 heteroatoms. The van der Waals surface area contributed by atoms with Crippen LogP contribution in [-0.2, 0) is 4.79 Å². The number of hydrogen-bond acceptors (Lipinski definition) is 1. The lowest BCUT2D eigenvalue weighted by atomic mass is 9.87. The smallest absolute Gasteiger partial charge is 0.223 e. The molecule has 0 bridgehead atoms. The van der Waals surface area contributed by atoms with Crippen molar-refractivity contribution in [1.82, 2.24) is 4.90 Å². The van der Waals surface area contributed by atoms with Gasteiger partial charge in [0.05, 0.1) is 0 Å². The second-order valence-corrected chi connectivity index (χ2v) is 3.96. The first-order valence-electron chi connectivity index (χ1n) is 4.72. The van der Waals surface area contributed by atoms with Crippen molar-refractivity contribution < 1.29 is 4.79 Å². The number of nitrogens with zero attached hydrogens (tertiary/aromatic N) is 1. The Morgan fingerprint density at radius 3 is 2.25 bits per heavy atom. The minimum atomic E-state index is -0.0165. The second kappa shape index (κ2) is 3.92. The number of rotatable bonds is 1. The highest BCUT2D eigenvalue weighted by atomic mass is 16.2. The van der Waals surface area contributed by atoms with Crippen LogP contribution in [0.4, 0.5) is 0 Å². The molecule has 0 aromatic heterocycles. The standard InChI is InChI=1S/C10H18NO/c1-8(2)10-4-6-11(7-5-10)9(3)12/h8,10H,3-7H2,1-2H3. The van der Waals surface area contributed by atoms with E-state index in [1.165, 1.54) is 0 Å². The van der Waals surface area contributed by atoms with E-state index >= 15 is 0 Å². The first kappa shape index (κ1) is 9.56. The molecule has 1 radical (unpaired) electrons.